The zero-order valence-corrected chi connectivity index (χ0v) is 23.8. The molecule has 0 unspecified atom stereocenters. The van der Waals surface area contributed by atoms with Crippen molar-refractivity contribution in [3.63, 3.8) is 0 Å². The molecule has 0 spiro atoms. The Labute approximate surface area is 224 Å². The van der Waals surface area contributed by atoms with Crippen molar-refractivity contribution in [3.05, 3.63) is 63.6 Å². The molecular weight excluding hydrogens is 521 g/mol. The Hall–Kier alpha value is -2.29. The molecule has 2 atom stereocenters. The van der Waals surface area contributed by atoms with Gasteiger partial charge in [0.25, 0.3) is 0 Å². The first-order chi connectivity index (χ1) is 16.8. The molecule has 2 aromatic rings. The number of hydrogen-bond acceptors (Lipinski definition) is 4. The second-order valence-electron chi connectivity index (χ2n) is 8.98. The van der Waals surface area contributed by atoms with Crippen LogP contribution in [0, 0.1) is 6.92 Å². The van der Waals surface area contributed by atoms with E-state index in [0.29, 0.717) is 5.02 Å². The lowest BCUT2D eigenvalue weighted by Crippen LogP contribution is -2.49. The van der Waals surface area contributed by atoms with Crippen LogP contribution in [0.2, 0.25) is 10.0 Å². The summed E-state index contributed by atoms with van der Waals surface area (Å²) in [5, 5.41) is 3.54. The number of sulfonamides is 1. The molecule has 0 saturated heterocycles. The average Bonchev–Trinajstić information content (AvgIpc) is 2.81. The van der Waals surface area contributed by atoms with E-state index in [4.69, 9.17) is 23.2 Å². The average molecular weight is 557 g/mol. The van der Waals surface area contributed by atoms with Gasteiger partial charge in [0.1, 0.15) is 6.04 Å². The monoisotopic (exact) mass is 555 g/mol. The zero-order chi connectivity index (χ0) is 27.0. The number of rotatable bonds is 12. The Balaban J connectivity index is 2.22. The highest BCUT2D eigenvalue weighted by Crippen LogP contribution is 2.31. The topological polar surface area (TPSA) is 86.8 Å². The molecule has 0 saturated carbocycles. The summed E-state index contributed by atoms with van der Waals surface area (Å²) >= 11 is 12.3. The molecule has 0 bridgehead atoms. The standard InChI is InChI=1S/C26H35Cl2N3O4S/c1-6-19(3)29-26(33)20(4)30(17-21-11-8-7-10-18(21)2)25(32)12-9-15-31(36(5,34)35)24-16-22(27)13-14-23(24)28/h7-8,10-11,13-14,16,19-20H,6,9,12,15,17H2,1-5H3,(H,29,33)/t19-,20+/m0/s1. The number of carbonyl (C=O) groups is 2. The highest BCUT2D eigenvalue weighted by molar-refractivity contribution is 7.92. The van der Waals surface area contributed by atoms with Gasteiger partial charge in [0.2, 0.25) is 21.8 Å². The summed E-state index contributed by atoms with van der Waals surface area (Å²) in [6.07, 6.45) is 2.14. The summed E-state index contributed by atoms with van der Waals surface area (Å²) < 4.78 is 26.1. The van der Waals surface area contributed by atoms with E-state index in [-0.39, 0.29) is 54.5 Å². The molecule has 0 radical (unpaired) electrons. The van der Waals surface area contributed by atoms with Crippen molar-refractivity contribution in [2.24, 2.45) is 0 Å². The maximum absolute atomic E-state index is 13.4. The summed E-state index contributed by atoms with van der Waals surface area (Å²) in [4.78, 5) is 27.8. The molecule has 36 heavy (non-hydrogen) atoms. The third-order valence-electron chi connectivity index (χ3n) is 6.10. The van der Waals surface area contributed by atoms with Gasteiger partial charge >= 0.3 is 0 Å². The third kappa shape index (κ3) is 8.39. The highest BCUT2D eigenvalue weighted by Gasteiger charge is 2.28. The predicted octanol–water partition coefficient (Wildman–Crippen LogP) is 5.18. The van der Waals surface area contributed by atoms with Crippen LogP contribution in [0.25, 0.3) is 0 Å². The number of hydrogen-bond donors (Lipinski definition) is 1. The van der Waals surface area contributed by atoms with Gasteiger partial charge < -0.3 is 10.2 Å². The lowest BCUT2D eigenvalue weighted by Gasteiger charge is -2.30. The molecule has 7 nitrogen and oxygen atoms in total. The summed E-state index contributed by atoms with van der Waals surface area (Å²) in [7, 11) is -3.67. The lowest BCUT2D eigenvalue weighted by atomic mass is 10.1. The van der Waals surface area contributed by atoms with E-state index in [1.807, 2.05) is 45.0 Å². The molecule has 0 heterocycles. The molecule has 2 rings (SSSR count). The minimum absolute atomic E-state index is 0.0128. The Morgan fingerprint density at radius 2 is 1.75 bits per heavy atom. The number of nitrogens with zero attached hydrogens (tertiary/aromatic N) is 2. The molecule has 0 aliphatic carbocycles. The van der Waals surface area contributed by atoms with E-state index in [1.54, 1.807) is 17.9 Å². The first kappa shape index (κ1) is 29.9. The van der Waals surface area contributed by atoms with Crippen molar-refractivity contribution in [2.45, 2.75) is 65.6 Å². The van der Waals surface area contributed by atoms with E-state index >= 15 is 0 Å². The van der Waals surface area contributed by atoms with Gasteiger partial charge in [-0.3, -0.25) is 13.9 Å². The fourth-order valence-electron chi connectivity index (χ4n) is 3.68. The SMILES string of the molecule is CC[C@H](C)NC(=O)[C@@H](C)N(Cc1ccccc1C)C(=O)CCCN(c1cc(Cl)ccc1Cl)S(C)(=O)=O. The number of anilines is 1. The Morgan fingerprint density at radius 3 is 2.36 bits per heavy atom. The van der Waals surface area contributed by atoms with Crippen LogP contribution in [-0.4, -0.2) is 50.0 Å². The van der Waals surface area contributed by atoms with Crippen LogP contribution < -0.4 is 9.62 Å². The van der Waals surface area contributed by atoms with E-state index in [0.717, 1.165) is 28.1 Å². The van der Waals surface area contributed by atoms with Crippen LogP contribution in [0.1, 0.15) is 51.2 Å². The van der Waals surface area contributed by atoms with Gasteiger partial charge in [0.15, 0.2) is 0 Å². The fourth-order valence-corrected chi connectivity index (χ4v) is 5.08. The second kappa shape index (κ2) is 13.3. The highest BCUT2D eigenvalue weighted by atomic mass is 35.5. The van der Waals surface area contributed by atoms with E-state index in [2.05, 4.69) is 5.32 Å². The molecule has 2 aromatic carbocycles. The Kier molecular flexibility index (Phi) is 11.1. The fraction of sp³-hybridized carbons (Fsp3) is 0.462. The maximum Gasteiger partial charge on any atom is 0.242 e. The second-order valence-corrected chi connectivity index (χ2v) is 11.7. The van der Waals surface area contributed by atoms with E-state index in [9.17, 15) is 18.0 Å². The van der Waals surface area contributed by atoms with Gasteiger partial charge in [-0.25, -0.2) is 8.42 Å². The van der Waals surface area contributed by atoms with Gasteiger partial charge in [0, 0.05) is 30.6 Å². The summed E-state index contributed by atoms with van der Waals surface area (Å²) in [5.74, 6) is -0.467. The van der Waals surface area contributed by atoms with Crippen LogP contribution in [0.15, 0.2) is 42.5 Å². The zero-order valence-electron chi connectivity index (χ0n) is 21.4. The molecule has 10 heteroatoms. The normalized spacial score (nSPS) is 13.1. The predicted molar refractivity (Wildman–Crippen MR) is 147 cm³/mol. The van der Waals surface area contributed by atoms with Crippen LogP contribution in [0.3, 0.4) is 0 Å². The third-order valence-corrected chi connectivity index (χ3v) is 7.83. The van der Waals surface area contributed by atoms with Gasteiger partial charge in [-0.05, 0) is 62.9 Å². The first-order valence-electron chi connectivity index (χ1n) is 11.9. The Bertz CT molecular complexity index is 1170. The van der Waals surface area contributed by atoms with E-state index < -0.39 is 16.1 Å². The Morgan fingerprint density at radius 1 is 1.08 bits per heavy atom. The smallest absolute Gasteiger partial charge is 0.242 e. The molecule has 198 valence electrons. The van der Waals surface area contributed by atoms with Crippen molar-refractivity contribution in [1.29, 1.82) is 0 Å². The van der Waals surface area contributed by atoms with Crippen LogP contribution in [-0.2, 0) is 26.2 Å². The van der Waals surface area contributed by atoms with Crippen LogP contribution >= 0.6 is 23.2 Å². The number of aryl methyl sites for hydroxylation is 1. The van der Waals surface area contributed by atoms with Gasteiger partial charge in [-0.2, -0.15) is 0 Å². The molecule has 0 aromatic heterocycles. The van der Waals surface area contributed by atoms with Gasteiger partial charge in [-0.15, -0.1) is 0 Å². The molecule has 0 aliphatic rings. The quantitative estimate of drug-likeness (QED) is 0.391. The molecule has 0 fully saturated rings. The van der Waals surface area contributed by atoms with E-state index in [1.165, 1.54) is 12.1 Å². The van der Waals surface area contributed by atoms with Crippen molar-refractivity contribution in [3.8, 4) is 0 Å². The largest absolute Gasteiger partial charge is 0.352 e. The molecule has 2 amide bonds. The van der Waals surface area contributed by atoms with Crippen molar-refractivity contribution < 1.29 is 18.0 Å². The molecular formula is C26H35Cl2N3O4S. The maximum atomic E-state index is 13.4. The number of nitrogens with one attached hydrogen (secondary N) is 1. The minimum atomic E-state index is -3.67. The number of benzene rings is 2. The summed E-state index contributed by atoms with van der Waals surface area (Å²) in [5.41, 5.74) is 2.22. The van der Waals surface area contributed by atoms with Crippen molar-refractivity contribution in [2.75, 3.05) is 17.1 Å². The molecule has 1 N–H and O–H groups in total. The van der Waals surface area contributed by atoms with Gasteiger partial charge in [-0.1, -0.05) is 54.4 Å². The first-order valence-corrected chi connectivity index (χ1v) is 14.5. The summed E-state index contributed by atoms with van der Waals surface area (Å²) in [6.45, 7) is 7.88. The van der Waals surface area contributed by atoms with Crippen molar-refractivity contribution in [1.82, 2.24) is 10.2 Å². The summed E-state index contributed by atoms with van der Waals surface area (Å²) in [6, 6.07) is 11.6. The number of carbonyl (C=O) groups excluding carboxylic acids is 2. The van der Waals surface area contributed by atoms with Crippen LogP contribution in [0.5, 0.6) is 0 Å². The van der Waals surface area contributed by atoms with Crippen molar-refractivity contribution >= 4 is 50.7 Å². The number of amides is 2. The number of halogens is 2. The van der Waals surface area contributed by atoms with Gasteiger partial charge in [0.05, 0.1) is 17.0 Å². The minimum Gasteiger partial charge on any atom is -0.352 e. The molecule has 0 aliphatic heterocycles. The lowest BCUT2D eigenvalue weighted by molar-refractivity contribution is -0.140. The van der Waals surface area contributed by atoms with Crippen LogP contribution in [0.4, 0.5) is 5.69 Å².